The van der Waals surface area contributed by atoms with Crippen LogP contribution in [0.25, 0.3) is 0 Å². The summed E-state index contributed by atoms with van der Waals surface area (Å²) in [6.45, 7) is 3.91. The van der Waals surface area contributed by atoms with Gasteiger partial charge in [0.1, 0.15) is 0 Å². The summed E-state index contributed by atoms with van der Waals surface area (Å²) in [5, 5.41) is 3.48. The first-order chi connectivity index (χ1) is 8.31. The number of hydrogen-bond acceptors (Lipinski definition) is 2. The molecule has 1 aromatic carbocycles. The number of nitrogens with one attached hydrogen (secondary N) is 1. The molecule has 0 aromatic heterocycles. The molecule has 2 heteroatoms. The van der Waals surface area contributed by atoms with E-state index in [2.05, 4.69) is 30.4 Å². The van der Waals surface area contributed by atoms with Crippen molar-refractivity contribution in [3.8, 4) is 0 Å². The second-order valence-corrected chi connectivity index (χ2v) is 4.90. The fourth-order valence-corrected chi connectivity index (χ4v) is 2.52. The maximum absolute atomic E-state index is 5.06. The molecular weight excluding hydrogens is 210 g/mol. The number of ether oxygens (including phenoxy) is 1. The molecule has 0 heterocycles. The van der Waals surface area contributed by atoms with E-state index in [1.54, 1.807) is 18.2 Å². The van der Waals surface area contributed by atoms with Crippen molar-refractivity contribution in [2.75, 3.05) is 20.3 Å². The fraction of sp³-hybridized carbons (Fsp3) is 0.600. The average molecular weight is 233 g/mol. The van der Waals surface area contributed by atoms with Gasteiger partial charge in [0.05, 0.1) is 6.61 Å². The second-order valence-electron chi connectivity index (χ2n) is 4.90. The van der Waals surface area contributed by atoms with Crippen LogP contribution in [0.2, 0.25) is 0 Å². The molecule has 1 atom stereocenters. The summed E-state index contributed by atoms with van der Waals surface area (Å²) < 4.78 is 5.06. The van der Waals surface area contributed by atoms with Gasteiger partial charge in [0, 0.05) is 19.7 Å². The van der Waals surface area contributed by atoms with Crippen molar-refractivity contribution in [1.82, 2.24) is 5.32 Å². The minimum atomic E-state index is 0.414. The number of aryl methyl sites for hydroxylation is 2. The van der Waals surface area contributed by atoms with Gasteiger partial charge < -0.3 is 10.1 Å². The molecule has 1 unspecified atom stereocenters. The third-order valence-corrected chi connectivity index (χ3v) is 3.63. The lowest BCUT2D eigenvalue weighted by Gasteiger charge is -2.20. The third kappa shape index (κ3) is 3.30. The highest BCUT2D eigenvalue weighted by molar-refractivity contribution is 5.35. The Hall–Kier alpha value is -0.860. The molecule has 94 valence electrons. The summed E-state index contributed by atoms with van der Waals surface area (Å²) in [4.78, 5) is 0. The lowest BCUT2D eigenvalue weighted by Crippen LogP contribution is -2.23. The van der Waals surface area contributed by atoms with Crippen LogP contribution >= 0.6 is 0 Å². The maximum atomic E-state index is 5.06. The van der Waals surface area contributed by atoms with Gasteiger partial charge in [-0.15, -0.1) is 0 Å². The molecule has 0 amide bonds. The van der Waals surface area contributed by atoms with Crippen LogP contribution in [0.4, 0.5) is 0 Å². The lowest BCUT2D eigenvalue weighted by atomic mass is 9.89. The highest BCUT2D eigenvalue weighted by Crippen LogP contribution is 2.24. The standard InChI is InChI=1S/C15H23NO/c1-12(16-9-10-17-2)14-8-7-13-5-3-4-6-15(13)11-14/h7-8,11-12,16H,3-6,9-10H2,1-2H3. The molecule has 1 aliphatic rings. The Kier molecular flexibility index (Phi) is 4.57. The highest BCUT2D eigenvalue weighted by Gasteiger charge is 2.11. The molecule has 17 heavy (non-hydrogen) atoms. The molecule has 0 saturated heterocycles. The largest absolute Gasteiger partial charge is 0.383 e. The summed E-state index contributed by atoms with van der Waals surface area (Å²) in [5.74, 6) is 0. The van der Waals surface area contributed by atoms with Crippen LogP contribution < -0.4 is 5.32 Å². The molecular formula is C15H23NO. The van der Waals surface area contributed by atoms with Gasteiger partial charge in [-0.05, 0) is 49.3 Å². The van der Waals surface area contributed by atoms with E-state index >= 15 is 0 Å². The average Bonchev–Trinajstić information content (AvgIpc) is 2.38. The van der Waals surface area contributed by atoms with Crippen molar-refractivity contribution in [1.29, 1.82) is 0 Å². The topological polar surface area (TPSA) is 21.3 Å². The van der Waals surface area contributed by atoms with Gasteiger partial charge in [-0.3, -0.25) is 0 Å². The van der Waals surface area contributed by atoms with Gasteiger partial charge in [0.2, 0.25) is 0 Å². The molecule has 1 N–H and O–H groups in total. The zero-order valence-corrected chi connectivity index (χ0v) is 11.0. The molecule has 0 spiro atoms. The Morgan fingerprint density at radius 2 is 2.00 bits per heavy atom. The van der Waals surface area contributed by atoms with E-state index in [-0.39, 0.29) is 0 Å². The fourth-order valence-electron chi connectivity index (χ4n) is 2.52. The third-order valence-electron chi connectivity index (χ3n) is 3.63. The van der Waals surface area contributed by atoms with Crippen LogP contribution in [0, 0.1) is 0 Å². The van der Waals surface area contributed by atoms with Crippen molar-refractivity contribution in [3.63, 3.8) is 0 Å². The number of rotatable bonds is 5. The quantitative estimate of drug-likeness (QED) is 0.790. The van der Waals surface area contributed by atoms with E-state index in [0.29, 0.717) is 6.04 Å². The predicted octanol–water partition coefficient (Wildman–Crippen LogP) is 2.86. The zero-order valence-electron chi connectivity index (χ0n) is 11.0. The van der Waals surface area contributed by atoms with E-state index in [0.717, 1.165) is 13.2 Å². The van der Waals surface area contributed by atoms with E-state index in [9.17, 15) is 0 Å². The van der Waals surface area contributed by atoms with E-state index in [1.807, 2.05) is 0 Å². The van der Waals surface area contributed by atoms with Crippen LogP contribution in [0.3, 0.4) is 0 Å². The van der Waals surface area contributed by atoms with Crippen LogP contribution in [0.15, 0.2) is 18.2 Å². The zero-order chi connectivity index (χ0) is 12.1. The van der Waals surface area contributed by atoms with Crippen LogP contribution in [-0.2, 0) is 17.6 Å². The van der Waals surface area contributed by atoms with E-state index in [4.69, 9.17) is 4.74 Å². The summed E-state index contributed by atoms with van der Waals surface area (Å²) in [6.07, 6.45) is 5.23. The number of fused-ring (bicyclic) bond motifs is 1. The molecule has 0 fully saturated rings. The Morgan fingerprint density at radius 1 is 1.24 bits per heavy atom. The first-order valence-electron chi connectivity index (χ1n) is 6.65. The van der Waals surface area contributed by atoms with Gasteiger partial charge in [0.15, 0.2) is 0 Å². The lowest BCUT2D eigenvalue weighted by molar-refractivity contribution is 0.196. The minimum Gasteiger partial charge on any atom is -0.383 e. The molecule has 0 saturated carbocycles. The Balaban J connectivity index is 2.00. The Labute approximate surface area is 104 Å². The molecule has 2 nitrogen and oxygen atoms in total. The van der Waals surface area contributed by atoms with Crippen molar-refractivity contribution in [2.45, 2.75) is 38.6 Å². The second kappa shape index (κ2) is 6.18. The van der Waals surface area contributed by atoms with Crippen molar-refractivity contribution in [2.24, 2.45) is 0 Å². The monoisotopic (exact) mass is 233 g/mol. The first kappa shape index (κ1) is 12.6. The van der Waals surface area contributed by atoms with E-state index in [1.165, 1.54) is 31.2 Å². The first-order valence-corrected chi connectivity index (χ1v) is 6.65. The number of hydrogen-bond donors (Lipinski definition) is 1. The summed E-state index contributed by atoms with van der Waals surface area (Å²) >= 11 is 0. The van der Waals surface area contributed by atoms with Crippen LogP contribution in [-0.4, -0.2) is 20.3 Å². The molecule has 0 radical (unpaired) electrons. The molecule has 1 aliphatic carbocycles. The van der Waals surface area contributed by atoms with Gasteiger partial charge in [0.25, 0.3) is 0 Å². The summed E-state index contributed by atoms with van der Waals surface area (Å²) in [5.41, 5.74) is 4.53. The van der Waals surface area contributed by atoms with Gasteiger partial charge in [-0.2, -0.15) is 0 Å². The van der Waals surface area contributed by atoms with Gasteiger partial charge >= 0.3 is 0 Å². The highest BCUT2D eigenvalue weighted by atomic mass is 16.5. The van der Waals surface area contributed by atoms with Gasteiger partial charge in [-0.25, -0.2) is 0 Å². The van der Waals surface area contributed by atoms with Crippen LogP contribution in [0.5, 0.6) is 0 Å². The predicted molar refractivity (Wildman–Crippen MR) is 71.4 cm³/mol. The Morgan fingerprint density at radius 3 is 2.76 bits per heavy atom. The Bertz CT molecular complexity index is 362. The molecule has 0 aliphatic heterocycles. The summed E-state index contributed by atoms with van der Waals surface area (Å²) in [7, 11) is 1.74. The maximum Gasteiger partial charge on any atom is 0.0587 e. The minimum absolute atomic E-state index is 0.414. The van der Waals surface area contributed by atoms with Crippen molar-refractivity contribution in [3.05, 3.63) is 34.9 Å². The molecule has 2 rings (SSSR count). The van der Waals surface area contributed by atoms with Crippen LogP contribution in [0.1, 0.15) is 42.5 Å². The van der Waals surface area contributed by atoms with Crippen molar-refractivity contribution < 1.29 is 4.74 Å². The molecule has 0 bridgehead atoms. The summed E-state index contributed by atoms with van der Waals surface area (Å²) in [6, 6.07) is 7.39. The van der Waals surface area contributed by atoms with E-state index < -0.39 is 0 Å². The van der Waals surface area contributed by atoms with Crippen molar-refractivity contribution >= 4 is 0 Å². The SMILES string of the molecule is COCCNC(C)c1ccc2c(c1)CCCC2. The number of benzene rings is 1. The normalized spacial score (nSPS) is 16.6. The van der Waals surface area contributed by atoms with Gasteiger partial charge in [-0.1, -0.05) is 18.2 Å². The number of methoxy groups -OCH3 is 1. The smallest absolute Gasteiger partial charge is 0.0587 e. The molecule has 1 aromatic rings.